The van der Waals surface area contributed by atoms with Crippen molar-refractivity contribution in [3.05, 3.63) is 78.5 Å². The lowest BCUT2D eigenvalue weighted by atomic mass is 10.1. The molecule has 0 saturated heterocycles. The highest BCUT2D eigenvalue weighted by Gasteiger charge is 2.19. The monoisotopic (exact) mass is 427 g/mol. The van der Waals surface area contributed by atoms with Crippen molar-refractivity contribution in [1.29, 1.82) is 0 Å². The number of para-hydroxylation sites is 2. The van der Waals surface area contributed by atoms with Crippen LogP contribution in [0, 0.1) is 13.8 Å². The Labute approximate surface area is 187 Å². The molecule has 7 rings (SSSR count). The molecule has 0 unspecified atom stereocenters. The van der Waals surface area contributed by atoms with E-state index in [0.29, 0.717) is 33.1 Å². The highest BCUT2D eigenvalue weighted by atomic mass is 15.1. The smallest absolute Gasteiger partial charge is 0.157 e. The van der Waals surface area contributed by atoms with Gasteiger partial charge in [0.15, 0.2) is 5.82 Å². The van der Waals surface area contributed by atoms with Gasteiger partial charge < -0.3 is 0 Å². The standard InChI is InChI=1S/C26H17N7/c1-14-5-3-7-16-17-8-4-6-15(2)26(17)33(25(14)16)18-13-31-23-21-19(27-9-10-29-21)20-22(24(23)32-18)30-12-11-28-20/h3-13H,1-2H3. The topological polar surface area (TPSA) is 82.3 Å². The maximum absolute atomic E-state index is 5.11. The van der Waals surface area contributed by atoms with Gasteiger partial charge in [-0.1, -0.05) is 36.4 Å². The normalized spacial score (nSPS) is 11.9. The van der Waals surface area contributed by atoms with E-state index in [1.165, 1.54) is 21.9 Å². The minimum atomic E-state index is 0.667. The van der Waals surface area contributed by atoms with Crippen molar-refractivity contribution in [2.45, 2.75) is 13.8 Å². The van der Waals surface area contributed by atoms with Crippen molar-refractivity contribution in [1.82, 2.24) is 34.5 Å². The fourth-order valence-electron chi connectivity index (χ4n) is 4.88. The van der Waals surface area contributed by atoms with Crippen LogP contribution in [-0.4, -0.2) is 34.5 Å². The van der Waals surface area contributed by atoms with E-state index < -0.39 is 0 Å². The third kappa shape index (κ3) is 2.39. The Morgan fingerprint density at radius 1 is 0.545 bits per heavy atom. The Balaban J connectivity index is 1.69. The zero-order chi connectivity index (χ0) is 22.1. The Morgan fingerprint density at radius 2 is 1.00 bits per heavy atom. The summed E-state index contributed by atoms with van der Waals surface area (Å²) in [5.41, 5.74) is 8.66. The van der Waals surface area contributed by atoms with Gasteiger partial charge in [-0.05, 0) is 25.0 Å². The number of nitrogens with zero attached hydrogens (tertiary/aromatic N) is 7. The molecule has 156 valence electrons. The molecule has 0 radical (unpaired) electrons. The fraction of sp³-hybridized carbons (Fsp3) is 0.0769. The third-order valence-electron chi connectivity index (χ3n) is 6.27. The molecule has 0 aliphatic heterocycles. The van der Waals surface area contributed by atoms with Crippen LogP contribution in [-0.2, 0) is 0 Å². The third-order valence-corrected chi connectivity index (χ3v) is 6.27. The van der Waals surface area contributed by atoms with Gasteiger partial charge in [-0.2, -0.15) is 0 Å². The molecule has 7 nitrogen and oxygen atoms in total. The van der Waals surface area contributed by atoms with Crippen molar-refractivity contribution in [2.24, 2.45) is 0 Å². The van der Waals surface area contributed by atoms with Crippen LogP contribution in [0.4, 0.5) is 0 Å². The van der Waals surface area contributed by atoms with Crippen LogP contribution in [0.1, 0.15) is 11.1 Å². The lowest BCUT2D eigenvalue weighted by Crippen LogP contribution is -2.03. The molecule has 7 aromatic rings. The molecule has 33 heavy (non-hydrogen) atoms. The molecule has 4 heterocycles. The summed E-state index contributed by atoms with van der Waals surface area (Å²) in [5, 5.41) is 2.40. The second-order valence-corrected chi connectivity index (χ2v) is 8.21. The Hall–Kier alpha value is -4.52. The summed E-state index contributed by atoms with van der Waals surface area (Å²) in [6, 6.07) is 12.8. The van der Waals surface area contributed by atoms with Gasteiger partial charge >= 0.3 is 0 Å². The molecule has 3 aromatic carbocycles. The van der Waals surface area contributed by atoms with E-state index >= 15 is 0 Å². The zero-order valence-electron chi connectivity index (χ0n) is 18.0. The van der Waals surface area contributed by atoms with Gasteiger partial charge in [-0.15, -0.1) is 0 Å². The first-order valence-electron chi connectivity index (χ1n) is 10.7. The van der Waals surface area contributed by atoms with Gasteiger partial charge in [0.2, 0.25) is 0 Å². The number of hydrogen-bond donors (Lipinski definition) is 0. The van der Waals surface area contributed by atoms with E-state index in [9.17, 15) is 0 Å². The van der Waals surface area contributed by atoms with Crippen molar-refractivity contribution in [3.63, 3.8) is 0 Å². The van der Waals surface area contributed by atoms with Crippen LogP contribution in [0.2, 0.25) is 0 Å². The number of fused-ring (bicyclic) bond motifs is 9. The molecule has 0 spiro atoms. The van der Waals surface area contributed by atoms with Crippen LogP contribution >= 0.6 is 0 Å². The van der Waals surface area contributed by atoms with E-state index in [2.05, 4.69) is 74.7 Å². The summed E-state index contributed by atoms with van der Waals surface area (Å²) in [6.45, 7) is 4.26. The van der Waals surface area contributed by atoms with E-state index in [0.717, 1.165) is 16.9 Å². The summed E-state index contributed by atoms with van der Waals surface area (Å²) in [5.74, 6) is 0.737. The molecule has 0 amide bonds. The van der Waals surface area contributed by atoms with E-state index in [1.807, 2.05) is 6.20 Å². The molecule has 0 N–H and O–H groups in total. The Bertz CT molecular complexity index is 1810. The summed E-state index contributed by atoms with van der Waals surface area (Å²) in [4.78, 5) is 28.1. The van der Waals surface area contributed by atoms with Gasteiger partial charge in [0, 0.05) is 35.6 Å². The van der Waals surface area contributed by atoms with Crippen LogP contribution in [0.5, 0.6) is 0 Å². The van der Waals surface area contributed by atoms with Crippen molar-refractivity contribution in [3.8, 4) is 5.82 Å². The molecule has 0 atom stereocenters. The predicted octanol–water partition coefficient (Wildman–Crippen LogP) is 5.23. The van der Waals surface area contributed by atoms with Gasteiger partial charge in [0.05, 0.1) is 17.2 Å². The molecule has 0 saturated carbocycles. The van der Waals surface area contributed by atoms with Gasteiger partial charge in [0.1, 0.15) is 33.1 Å². The largest absolute Gasteiger partial charge is 0.292 e. The maximum Gasteiger partial charge on any atom is 0.157 e. The molecule has 0 fully saturated rings. The molecule has 4 aromatic heterocycles. The highest BCUT2D eigenvalue weighted by molar-refractivity contribution is 6.18. The number of aromatic nitrogens is 7. The zero-order valence-corrected chi connectivity index (χ0v) is 18.0. The van der Waals surface area contributed by atoms with Gasteiger partial charge in [-0.25, -0.2) is 9.97 Å². The van der Waals surface area contributed by atoms with E-state index in [1.54, 1.807) is 24.8 Å². The molecular formula is C26H17N7. The first-order valence-corrected chi connectivity index (χ1v) is 10.7. The van der Waals surface area contributed by atoms with Crippen LogP contribution < -0.4 is 0 Å². The minimum absolute atomic E-state index is 0.667. The van der Waals surface area contributed by atoms with Gasteiger partial charge in [0.25, 0.3) is 0 Å². The average Bonchev–Trinajstić information content (AvgIpc) is 3.21. The summed E-state index contributed by atoms with van der Waals surface area (Å²) < 4.78 is 2.21. The van der Waals surface area contributed by atoms with Crippen molar-refractivity contribution < 1.29 is 0 Å². The average molecular weight is 427 g/mol. The molecule has 0 aliphatic rings. The molecule has 7 heteroatoms. The minimum Gasteiger partial charge on any atom is -0.292 e. The number of hydrogen-bond acceptors (Lipinski definition) is 6. The van der Waals surface area contributed by atoms with Crippen molar-refractivity contribution >= 4 is 54.9 Å². The highest BCUT2D eigenvalue weighted by Crippen LogP contribution is 2.36. The first kappa shape index (κ1) is 18.1. The maximum atomic E-state index is 5.11. The molecule has 0 aliphatic carbocycles. The Kier molecular flexibility index (Phi) is 3.56. The van der Waals surface area contributed by atoms with E-state index in [4.69, 9.17) is 9.97 Å². The summed E-state index contributed by atoms with van der Waals surface area (Å²) in [7, 11) is 0. The molecule has 0 bridgehead atoms. The van der Waals surface area contributed by atoms with Crippen molar-refractivity contribution in [2.75, 3.05) is 0 Å². The first-order chi connectivity index (χ1) is 16.2. The SMILES string of the molecule is Cc1cccc2c3cccc(C)c3n(-c3cnc4c5nccnc5c5nccnc5c4n3)c12. The Morgan fingerprint density at radius 3 is 1.52 bits per heavy atom. The lowest BCUT2D eigenvalue weighted by Gasteiger charge is -2.12. The van der Waals surface area contributed by atoms with Gasteiger partial charge in [-0.3, -0.25) is 24.5 Å². The van der Waals surface area contributed by atoms with Crippen LogP contribution in [0.15, 0.2) is 67.4 Å². The second kappa shape index (κ2) is 6.49. The number of aryl methyl sites for hydroxylation is 2. The molecular weight excluding hydrogens is 410 g/mol. The number of rotatable bonds is 1. The van der Waals surface area contributed by atoms with E-state index in [-0.39, 0.29) is 0 Å². The predicted molar refractivity (Wildman–Crippen MR) is 130 cm³/mol. The fourth-order valence-corrected chi connectivity index (χ4v) is 4.88. The van der Waals surface area contributed by atoms with Crippen LogP contribution in [0.3, 0.4) is 0 Å². The second-order valence-electron chi connectivity index (χ2n) is 8.21. The summed E-state index contributed by atoms with van der Waals surface area (Å²) in [6.07, 6.45) is 8.48. The van der Waals surface area contributed by atoms with Crippen LogP contribution in [0.25, 0.3) is 60.7 Å². The lowest BCUT2D eigenvalue weighted by molar-refractivity contribution is 1.06. The summed E-state index contributed by atoms with van der Waals surface area (Å²) >= 11 is 0. The number of benzene rings is 3. The quantitative estimate of drug-likeness (QED) is 0.334.